The summed E-state index contributed by atoms with van der Waals surface area (Å²) in [6, 6.07) is 9.38. The predicted octanol–water partition coefficient (Wildman–Crippen LogP) is 3.31. The maximum Gasteiger partial charge on any atom is 0.416 e. The lowest BCUT2D eigenvalue weighted by molar-refractivity contribution is -0.202. The van der Waals surface area contributed by atoms with Crippen molar-refractivity contribution in [2.75, 3.05) is 13.4 Å². The Morgan fingerprint density at radius 3 is 2.31 bits per heavy atom. The fourth-order valence-corrected chi connectivity index (χ4v) is 4.65. The van der Waals surface area contributed by atoms with Gasteiger partial charge in [0.25, 0.3) is 5.91 Å². The number of carbonyl (C=O) groups is 1. The summed E-state index contributed by atoms with van der Waals surface area (Å²) in [5.41, 5.74) is 7.97. The highest BCUT2D eigenvalue weighted by Crippen LogP contribution is 2.49. The van der Waals surface area contributed by atoms with Crippen molar-refractivity contribution in [3.63, 3.8) is 0 Å². The molecule has 15 heteroatoms. The lowest BCUT2D eigenvalue weighted by Crippen LogP contribution is -2.60. The molecule has 3 aliphatic heterocycles. The van der Waals surface area contributed by atoms with Gasteiger partial charge < -0.3 is 19.5 Å². The van der Waals surface area contributed by atoms with E-state index >= 15 is 0 Å². The molecule has 5 rings (SSSR count). The number of halogens is 6. The Hall–Kier alpha value is -3.53. The van der Waals surface area contributed by atoms with Gasteiger partial charge in [-0.25, -0.2) is 10.9 Å². The number of nitrogens with one attached hydrogen (secondary N) is 5. The van der Waals surface area contributed by atoms with Crippen molar-refractivity contribution in [2.24, 2.45) is 0 Å². The average molecular weight is 559 g/mol. The van der Waals surface area contributed by atoms with Gasteiger partial charge in [-0.15, -0.1) is 0 Å². The van der Waals surface area contributed by atoms with Crippen molar-refractivity contribution in [2.45, 2.75) is 43.3 Å². The molecule has 0 aromatic heterocycles. The second-order valence-electron chi connectivity index (χ2n) is 9.06. The molecule has 210 valence electrons. The zero-order valence-electron chi connectivity index (χ0n) is 20.1. The Kier molecular flexibility index (Phi) is 7.09. The van der Waals surface area contributed by atoms with E-state index < -0.39 is 42.8 Å². The number of amides is 1. The highest BCUT2D eigenvalue weighted by molar-refractivity contribution is 6.05. The SMILES string of the molecule is O=C1NC(c2ccc(OCCCC(F)(F)F)cc2)(C(F)(F)F)CC(c2ccc3c(c2)OCO3)=C1C1NNNN1. The van der Waals surface area contributed by atoms with Gasteiger partial charge in [-0.05, 0) is 47.4 Å². The second-order valence-corrected chi connectivity index (χ2v) is 9.06. The lowest BCUT2D eigenvalue weighted by atomic mass is 9.76. The van der Waals surface area contributed by atoms with Crippen LogP contribution in [0.5, 0.6) is 17.2 Å². The first kappa shape index (κ1) is 27.1. The first-order valence-electron chi connectivity index (χ1n) is 11.8. The summed E-state index contributed by atoms with van der Waals surface area (Å²) in [4.78, 5) is 13.4. The molecule has 0 radical (unpaired) electrons. The molecule has 2 aromatic rings. The number of rotatable bonds is 7. The molecule has 0 spiro atoms. The molecule has 0 aliphatic carbocycles. The maximum atomic E-state index is 14.9. The summed E-state index contributed by atoms with van der Waals surface area (Å²) in [6.45, 7) is -0.300. The number of benzene rings is 2. The van der Waals surface area contributed by atoms with Gasteiger partial charge in [-0.3, -0.25) is 4.79 Å². The van der Waals surface area contributed by atoms with Gasteiger partial charge >= 0.3 is 12.4 Å². The summed E-state index contributed by atoms with van der Waals surface area (Å²) < 4.78 is 97.6. The molecule has 2 aromatic carbocycles. The summed E-state index contributed by atoms with van der Waals surface area (Å²) >= 11 is 0. The van der Waals surface area contributed by atoms with Crippen LogP contribution in [0.15, 0.2) is 48.0 Å². The molecule has 0 saturated carbocycles. The summed E-state index contributed by atoms with van der Waals surface area (Å²) in [7, 11) is 0. The molecule has 9 nitrogen and oxygen atoms in total. The fourth-order valence-electron chi connectivity index (χ4n) is 4.65. The highest BCUT2D eigenvalue weighted by Gasteiger charge is 2.60. The number of alkyl halides is 6. The quantitative estimate of drug-likeness (QED) is 0.260. The van der Waals surface area contributed by atoms with Crippen LogP contribution in [0.3, 0.4) is 0 Å². The number of fused-ring (bicyclic) bond motifs is 1. The number of carbonyl (C=O) groups excluding carboxylic acids is 1. The van der Waals surface area contributed by atoms with Gasteiger partial charge in [-0.2, -0.15) is 37.4 Å². The Bertz CT molecular complexity index is 1260. The predicted molar refractivity (Wildman–Crippen MR) is 124 cm³/mol. The molecule has 1 unspecified atom stereocenters. The Morgan fingerprint density at radius 1 is 0.949 bits per heavy atom. The van der Waals surface area contributed by atoms with Gasteiger partial charge in [0.1, 0.15) is 11.9 Å². The third kappa shape index (κ3) is 5.48. The normalized spacial score (nSPS) is 21.8. The second kappa shape index (κ2) is 10.2. The van der Waals surface area contributed by atoms with Crippen molar-refractivity contribution in [1.82, 2.24) is 27.2 Å². The van der Waals surface area contributed by atoms with E-state index in [1.165, 1.54) is 18.2 Å². The van der Waals surface area contributed by atoms with Crippen molar-refractivity contribution >= 4 is 11.5 Å². The Balaban J connectivity index is 1.49. The monoisotopic (exact) mass is 559 g/mol. The van der Waals surface area contributed by atoms with Crippen LogP contribution in [0.4, 0.5) is 26.3 Å². The molecular weight excluding hydrogens is 536 g/mol. The maximum absolute atomic E-state index is 14.9. The topological polar surface area (TPSA) is 105 Å². The highest BCUT2D eigenvalue weighted by atomic mass is 19.4. The molecule has 1 atom stereocenters. The van der Waals surface area contributed by atoms with Gasteiger partial charge in [0.2, 0.25) is 6.79 Å². The van der Waals surface area contributed by atoms with E-state index in [2.05, 4.69) is 27.2 Å². The first-order valence-corrected chi connectivity index (χ1v) is 11.8. The smallest absolute Gasteiger partial charge is 0.416 e. The minimum Gasteiger partial charge on any atom is -0.494 e. The molecule has 1 fully saturated rings. The summed E-state index contributed by atoms with van der Waals surface area (Å²) in [5.74, 6) is -0.105. The van der Waals surface area contributed by atoms with Crippen LogP contribution in [0.25, 0.3) is 5.57 Å². The van der Waals surface area contributed by atoms with Crippen LogP contribution in [0.2, 0.25) is 0 Å². The van der Waals surface area contributed by atoms with Crippen LogP contribution >= 0.6 is 0 Å². The van der Waals surface area contributed by atoms with E-state index in [1.807, 2.05) is 0 Å². The van der Waals surface area contributed by atoms with Crippen LogP contribution in [0, 0.1) is 0 Å². The summed E-state index contributed by atoms with van der Waals surface area (Å²) in [6.07, 6.45) is -12.1. The molecule has 0 bridgehead atoms. The zero-order valence-corrected chi connectivity index (χ0v) is 20.1. The van der Waals surface area contributed by atoms with Crippen LogP contribution in [0.1, 0.15) is 30.4 Å². The zero-order chi connectivity index (χ0) is 27.8. The minimum absolute atomic E-state index is 0.0239. The van der Waals surface area contributed by atoms with Crippen molar-refractivity contribution in [3.05, 3.63) is 59.2 Å². The van der Waals surface area contributed by atoms with Crippen LogP contribution in [-0.4, -0.2) is 37.8 Å². The number of hydrogen-bond donors (Lipinski definition) is 5. The number of hydrogen-bond acceptors (Lipinski definition) is 8. The molecule has 5 N–H and O–H groups in total. The number of ether oxygens (including phenoxy) is 3. The summed E-state index contributed by atoms with van der Waals surface area (Å²) in [5, 5.41) is 2.17. The molecule has 3 heterocycles. The third-order valence-electron chi connectivity index (χ3n) is 6.55. The standard InChI is InChI=1S/C24H23F6N5O4/c25-23(26,27)8-1-9-37-15-5-3-14(4-6-15)22(24(28,29)30)11-16(13-2-7-17-18(10-13)39-12-38-17)19(21(36)31-22)20-32-34-35-33-20/h2-7,10,20,32-35H,1,8-9,11-12H2,(H,31,36). The lowest BCUT2D eigenvalue weighted by Gasteiger charge is -2.42. The van der Waals surface area contributed by atoms with E-state index in [4.69, 9.17) is 14.2 Å². The molecule has 1 saturated heterocycles. The van der Waals surface area contributed by atoms with Crippen molar-refractivity contribution in [1.29, 1.82) is 0 Å². The number of hydrazine groups is 3. The molecule has 39 heavy (non-hydrogen) atoms. The van der Waals surface area contributed by atoms with E-state index in [-0.39, 0.29) is 42.3 Å². The third-order valence-corrected chi connectivity index (χ3v) is 6.55. The van der Waals surface area contributed by atoms with Gasteiger partial charge in [-0.1, -0.05) is 18.2 Å². The first-order chi connectivity index (χ1) is 18.5. The Morgan fingerprint density at radius 2 is 1.64 bits per heavy atom. The van der Waals surface area contributed by atoms with E-state index in [0.717, 1.165) is 12.1 Å². The minimum atomic E-state index is -4.93. The van der Waals surface area contributed by atoms with Crippen molar-refractivity contribution < 1.29 is 45.3 Å². The van der Waals surface area contributed by atoms with E-state index in [9.17, 15) is 31.1 Å². The van der Waals surface area contributed by atoms with Crippen molar-refractivity contribution in [3.8, 4) is 17.2 Å². The average Bonchev–Trinajstić information content (AvgIpc) is 3.57. The van der Waals surface area contributed by atoms with E-state index in [0.29, 0.717) is 17.1 Å². The molecular formula is C24H23F6N5O4. The largest absolute Gasteiger partial charge is 0.494 e. The van der Waals surface area contributed by atoms with E-state index in [1.54, 1.807) is 12.1 Å². The fraction of sp³-hybridized carbons (Fsp3) is 0.375. The molecule has 3 aliphatic rings. The van der Waals surface area contributed by atoms with Crippen LogP contribution < -0.4 is 41.4 Å². The molecule has 1 amide bonds. The van der Waals surface area contributed by atoms with Crippen LogP contribution in [-0.2, 0) is 10.3 Å². The van der Waals surface area contributed by atoms with Gasteiger partial charge in [0, 0.05) is 12.8 Å². The Labute approximate surface area is 217 Å². The van der Waals surface area contributed by atoms with Gasteiger partial charge in [0.05, 0.1) is 12.2 Å². The van der Waals surface area contributed by atoms with Gasteiger partial charge in [0.15, 0.2) is 17.0 Å².